The van der Waals surface area contributed by atoms with Crippen molar-refractivity contribution < 1.29 is 14.3 Å². The summed E-state index contributed by atoms with van der Waals surface area (Å²) in [5.41, 5.74) is 2.00. The largest absolute Gasteiger partial charge is 0.345 e. The van der Waals surface area contributed by atoms with E-state index in [9.17, 15) is 4.79 Å². The second-order valence-corrected chi connectivity index (χ2v) is 9.31. The Bertz CT molecular complexity index is 1030. The molecule has 4 rings (SSSR count). The standard InChI is InChI=1S/C24H26ClN3O3S/c1-18(29)27-22-4-2-3-5-23(22)32-15-21-14-30-24(31-21,16-28-13-12-26-17-28)11-10-19-6-8-20(25)9-7-19/h2-9,12-13,17,21H,10-11,14-16H2,1H3,(H,27,29). The van der Waals surface area contributed by atoms with Crippen LogP contribution in [0.5, 0.6) is 0 Å². The lowest BCUT2D eigenvalue weighted by Gasteiger charge is -2.28. The third-order valence-corrected chi connectivity index (χ3v) is 6.68. The maximum Gasteiger partial charge on any atom is 0.221 e. The predicted molar refractivity (Wildman–Crippen MR) is 127 cm³/mol. The zero-order chi connectivity index (χ0) is 22.4. The Morgan fingerprint density at radius 2 is 2.09 bits per heavy atom. The van der Waals surface area contributed by atoms with Gasteiger partial charge in [-0.2, -0.15) is 0 Å². The Kier molecular flexibility index (Phi) is 7.52. The normalized spacial score (nSPS) is 20.4. The second-order valence-electron chi connectivity index (χ2n) is 7.81. The van der Waals surface area contributed by atoms with E-state index < -0.39 is 5.79 Å². The monoisotopic (exact) mass is 471 g/mol. The molecule has 32 heavy (non-hydrogen) atoms. The van der Waals surface area contributed by atoms with Gasteiger partial charge in [-0.05, 0) is 36.2 Å². The van der Waals surface area contributed by atoms with Crippen molar-refractivity contribution in [3.8, 4) is 0 Å². The first-order chi connectivity index (χ1) is 15.5. The molecule has 1 saturated heterocycles. The molecule has 2 heterocycles. The molecular formula is C24H26ClN3O3S. The van der Waals surface area contributed by atoms with Gasteiger partial charge in [-0.1, -0.05) is 35.9 Å². The highest BCUT2D eigenvalue weighted by atomic mass is 35.5. The average Bonchev–Trinajstić information content (AvgIpc) is 3.43. The lowest BCUT2D eigenvalue weighted by atomic mass is 10.0. The number of anilines is 1. The number of amides is 1. The molecule has 0 bridgehead atoms. The number of nitrogens with one attached hydrogen (secondary N) is 1. The van der Waals surface area contributed by atoms with E-state index in [4.69, 9.17) is 21.1 Å². The van der Waals surface area contributed by atoms with Crippen LogP contribution in [0.3, 0.4) is 0 Å². The number of benzene rings is 2. The summed E-state index contributed by atoms with van der Waals surface area (Å²) in [7, 11) is 0. The molecule has 8 heteroatoms. The predicted octanol–water partition coefficient (Wildman–Crippen LogP) is 5.03. The van der Waals surface area contributed by atoms with E-state index >= 15 is 0 Å². The Hall–Kier alpha value is -2.32. The first-order valence-corrected chi connectivity index (χ1v) is 11.9. The minimum absolute atomic E-state index is 0.0564. The minimum atomic E-state index is -0.720. The van der Waals surface area contributed by atoms with Crippen LogP contribution in [-0.4, -0.2) is 39.7 Å². The van der Waals surface area contributed by atoms with Crippen LogP contribution in [0.25, 0.3) is 0 Å². The molecule has 3 aromatic rings. The van der Waals surface area contributed by atoms with Gasteiger partial charge in [0.05, 0.1) is 31.3 Å². The van der Waals surface area contributed by atoms with Crippen LogP contribution in [0.4, 0.5) is 5.69 Å². The number of rotatable bonds is 9. The van der Waals surface area contributed by atoms with Crippen LogP contribution in [-0.2, 0) is 27.2 Å². The van der Waals surface area contributed by atoms with Gasteiger partial charge in [0.1, 0.15) is 0 Å². The number of hydrogen-bond donors (Lipinski definition) is 1. The van der Waals surface area contributed by atoms with Crippen molar-refractivity contribution in [2.75, 3.05) is 17.7 Å². The van der Waals surface area contributed by atoms with E-state index in [1.54, 1.807) is 24.3 Å². The zero-order valence-electron chi connectivity index (χ0n) is 17.9. The summed E-state index contributed by atoms with van der Waals surface area (Å²) in [4.78, 5) is 16.7. The van der Waals surface area contributed by atoms with Crippen molar-refractivity contribution in [3.63, 3.8) is 0 Å². The molecule has 1 N–H and O–H groups in total. The number of halogens is 1. The summed E-state index contributed by atoms with van der Waals surface area (Å²) in [5.74, 6) is -0.0774. The van der Waals surface area contributed by atoms with Gasteiger partial charge < -0.3 is 19.4 Å². The summed E-state index contributed by atoms with van der Waals surface area (Å²) in [6.07, 6.45) is 6.94. The fraction of sp³-hybridized carbons (Fsp3) is 0.333. The first-order valence-electron chi connectivity index (χ1n) is 10.5. The Labute approximate surface area is 197 Å². The summed E-state index contributed by atoms with van der Waals surface area (Å²) < 4.78 is 14.8. The quantitative estimate of drug-likeness (QED) is 0.443. The van der Waals surface area contributed by atoms with Crippen LogP contribution >= 0.6 is 23.4 Å². The molecule has 168 valence electrons. The summed E-state index contributed by atoms with van der Waals surface area (Å²) in [5, 5.41) is 3.61. The van der Waals surface area contributed by atoms with Gasteiger partial charge in [-0.25, -0.2) is 4.98 Å². The fourth-order valence-corrected chi connectivity index (χ4v) is 4.81. The van der Waals surface area contributed by atoms with Crippen LogP contribution in [0, 0.1) is 0 Å². The number of para-hydroxylation sites is 1. The molecule has 0 spiro atoms. The molecule has 1 aliphatic rings. The molecule has 2 atom stereocenters. The molecule has 1 aromatic heterocycles. The van der Waals surface area contributed by atoms with E-state index in [0.717, 1.165) is 34.2 Å². The number of carbonyl (C=O) groups excluding carboxylic acids is 1. The summed E-state index contributed by atoms with van der Waals surface area (Å²) >= 11 is 7.68. The number of imidazole rings is 1. The Morgan fingerprint density at radius 1 is 1.28 bits per heavy atom. The molecular weight excluding hydrogens is 446 g/mol. The average molecular weight is 472 g/mol. The molecule has 1 aliphatic heterocycles. The van der Waals surface area contributed by atoms with Crippen molar-refractivity contribution in [3.05, 3.63) is 77.8 Å². The lowest BCUT2D eigenvalue weighted by molar-refractivity contribution is -0.180. The topological polar surface area (TPSA) is 65.4 Å². The van der Waals surface area contributed by atoms with Gasteiger partial charge in [0, 0.05) is 41.4 Å². The Balaban J connectivity index is 1.41. The van der Waals surface area contributed by atoms with Crippen LogP contribution in [0.15, 0.2) is 72.1 Å². The van der Waals surface area contributed by atoms with Crippen molar-refractivity contribution >= 4 is 35.0 Å². The number of hydrogen-bond acceptors (Lipinski definition) is 5. The van der Waals surface area contributed by atoms with Crippen molar-refractivity contribution in [2.45, 2.75) is 43.1 Å². The number of nitrogens with zero attached hydrogens (tertiary/aromatic N) is 2. The highest BCUT2D eigenvalue weighted by Crippen LogP contribution is 2.35. The van der Waals surface area contributed by atoms with Crippen molar-refractivity contribution in [2.24, 2.45) is 0 Å². The molecule has 1 fully saturated rings. The van der Waals surface area contributed by atoms with Gasteiger partial charge >= 0.3 is 0 Å². The van der Waals surface area contributed by atoms with Crippen molar-refractivity contribution in [1.29, 1.82) is 0 Å². The third-order valence-electron chi connectivity index (χ3n) is 5.23. The maximum atomic E-state index is 11.5. The highest BCUT2D eigenvalue weighted by molar-refractivity contribution is 7.99. The number of thioether (sulfide) groups is 1. The van der Waals surface area contributed by atoms with Crippen LogP contribution in [0.1, 0.15) is 18.9 Å². The van der Waals surface area contributed by atoms with E-state index in [0.29, 0.717) is 13.2 Å². The molecule has 2 aromatic carbocycles. The Morgan fingerprint density at radius 3 is 2.84 bits per heavy atom. The molecule has 0 saturated carbocycles. The maximum absolute atomic E-state index is 11.5. The summed E-state index contributed by atoms with van der Waals surface area (Å²) in [6, 6.07) is 15.7. The van der Waals surface area contributed by atoms with Gasteiger partial charge in [0.15, 0.2) is 5.79 Å². The van der Waals surface area contributed by atoms with E-state index in [1.165, 1.54) is 12.5 Å². The number of aryl methyl sites for hydroxylation is 1. The van der Waals surface area contributed by atoms with Gasteiger partial charge in [-0.15, -0.1) is 11.8 Å². The number of aromatic nitrogens is 2. The SMILES string of the molecule is CC(=O)Nc1ccccc1SCC1COC(CCc2ccc(Cl)cc2)(Cn2ccnc2)O1. The fourth-order valence-electron chi connectivity index (χ4n) is 3.70. The zero-order valence-corrected chi connectivity index (χ0v) is 19.4. The third kappa shape index (κ3) is 6.13. The minimum Gasteiger partial charge on any atom is -0.345 e. The highest BCUT2D eigenvalue weighted by Gasteiger charge is 2.41. The molecule has 0 aliphatic carbocycles. The first kappa shape index (κ1) is 22.9. The number of ether oxygens (including phenoxy) is 2. The van der Waals surface area contributed by atoms with Gasteiger partial charge in [0.25, 0.3) is 0 Å². The lowest BCUT2D eigenvalue weighted by Crippen LogP contribution is -2.37. The molecule has 1 amide bonds. The van der Waals surface area contributed by atoms with E-state index in [1.807, 2.05) is 59.3 Å². The van der Waals surface area contributed by atoms with E-state index in [-0.39, 0.29) is 12.0 Å². The molecule has 0 radical (unpaired) electrons. The smallest absolute Gasteiger partial charge is 0.221 e. The number of carbonyl (C=O) groups is 1. The van der Waals surface area contributed by atoms with Crippen molar-refractivity contribution in [1.82, 2.24) is 9.55 Å². The molecule has 6 nitrogen and oxygen atoms in total. The van der Waals surface area contributed by atoms with E-state index in [2.05, 4.69) is 10.3 Å². The van der Waals surface area contributed by atoms with Crippen LogP contribution < -0.4 is 5.32 Å². The molecule has 2 unspecified atom stereocenters. The van der Waals surface area contributed by atoms with Crippen LogP contribution in [0.2, 0.25) is 5.02 Å². The van der Waals surface area contributed by atoms with Gasteiger partial charge in [0.2, 0.25) is 5.91 Å². The summed E-state index contributed by atoms with van der Waals surface area (Å²) in [6.45, 7) is 2.61. The second kappa shape index (κ2) is 10.5. The van der Waals surface area contributed by atoms with Gasteiger partial charge in [-0.3, -0.25) is 4.79 Å².